The van der Waals surface area contributed by atoms with Gasteiger partial charge in [0.15, 0.2) is 5.78 Å². The number of amides is 2. The summed E-state index contributed by atoms with van der Waals surface area (Å²) in [5.41, 5.74) is 3.70. The van der Waals surface area contributed by atoms with Gasteiger partial charge in [0.25, 0.3) is 5.91 Å². The Morgan fingerprint density at radius 3 is 2.80 bits per heavy atom. The number of carbonyl (C=O) groups is 3. The quantitative estimate of drug-likeness (QED) is 0.629. The third kappa shape index (κ3) is 4.79. The van der Waals surface area contributed by atoms with Gasteiger partial charge in [-0.3, -0.25) is 14.4 Å². The van der Waals surface area contributed by atoms with Gasteiger partial charge in [-0.05, 0) is 60.4 Å². The first-order chi connectivity index (χ1) is 14.6. The molecule has 1 aliphatic carbocycles. The van der Waals surface area contributed by atoms with Crippen molar-refractivity contribution < 1.29 is 14.4 Å². The Balaban J connectivity index is 1.36. The SMILES string of the molecule is O=C(CCC(=O)c1cccs1)Nc1cccc(CC2N=NC(=O)C3=C2CCCC3)c1. The molecule has 1 unspecified atom stereocenters. The second kappa shape index (κ2) is 9.26. The van der Waals surface area contributed by atoms with Crippen LogP contribution < -0.4 is 5.32 Å². The Labute approximate surface area is 179 Å². The van der Waals surface area contributed by atoms with Gasteiger partial charge in [0, 0.05) is 30.5 Å². The molecule has 1 aliphatic heterocycles. The van der Waals surface area contributed by atoms with Crippen molar-refractivity contribution in [3.05, 3.63) is 63.4 Å². The number of Topliss-reactive ketones (excluding diaryl/α,β-unsaturated/α-hetero) is 1. The maximum atomic E-state index is 12.3. The molecule has 2 amide bonds. The summed E-state index contributed by atoms with van der Waals surface area (Å²) < 4.78 is 0. The highest BCUT2D eigenvalue weighted by molar-refractivity contribution is 7.12. The molecule has 6 nitrogen and oxygen atoms in total. The van der Waals surface area contributed by atoms with E-state index in [1.54, 1.807) is 6.07 Å². The number of hydrogen-bond acceptors (Lipinski definition) is 5. The first-order valence-electron chi connectivity index (χ1n) is 10.2. The molecule has 7 heteroatoms. The van der Waals surface area contributed by atoms with Gasteiger partial charge in [0.2, 0.25) is 5.91 Å². The molecule has 0 radical (unpaired) electrons. The van der Waals surface area contributed by atoms with Crippen LogP contribution in [0.4, 0.5) is 5.69 Å². The van der Waals surface area contributed by atoms with Crippen LogP contribution in [0.2, 0.25) is 0 Å². The molecule has 0 saturated heterocycles. The fourth-order valence-corrected chi connectivity index (χ4v) is 4.66. The summed E-state index contributed by atoms with van der Waals surface area (Å²) in [6.45, 7) is 0. The molecule has 2 aromatic rings. The van der Waals surface area contributed by atoms with E-state index in [4.69, 9.17) is 0 Å². The van der Waals surface area contributed by atoms with E-state index in [1.807, 2.05) is 35.7 Å². The van der Waals surface area contributed by atoms with Crippen molar-refractivity contribution in [3.63, 3.8) is 0 Å². The number of ketones is 1. The average molecular weight is 422 g/mol. The third-order valence-corrected chi connectivity index (χ3v) is 6.38. The molecule has 2 heterocycles. The Morgan fingerprint density at radius 1 is 1.10 bits per heavy atom. The van der Waals surface area contributed by atoms with Crippen LogP contribution in [0, 0.1) is 0 Å². The molecule has 2 aliphatic rings. The number of thiophene rings is 1. The summed E-state index contributed by atoms with van der Waals surface area (Å²) in [6, 6.07) is 11.1. The van der Waals surface area contributed by atoms with E-state index in [1.165, 1.54) is 11.3 Å². The third-order valence-electron chi connectivity index (χ3n) is 5.47. The van der Waals surface area contributed by atoms with Gasteiger partial charge < -0.3 is 5.32 Å². The van der Waals surface area contributed by atoms with E-state index < -0.39 is 0 Å². The Bertz CT molecular complexity index is 1020. The van der Waals surface area contributed by atoms with Crippen molar-refractivity contribution >= 4 is 34.6 Å². The highest BCUT2D eigenvalue weighted by Gasteiger charge is 2.28. The minimum Gasteiger partial charge on any atom is -0.326 e. The van der Waals surface area contributed by atoms with E-state index in [2.05, 4.69) is 15.5 Å². The molecule has 0 saturated carbocycles. The van der Waals surface area contributed by atoms with Crippen LogP contribution in [0.1, 0.15) is 53.8 Å². The minimum absolute atomic E-state index is 0.0114. The van der Waals surface area contributed by atoms with Crippen LogP contribution in [-0.2, 0) is 16.0 Å². The van der Waals surface area contributed by atoms with Crippen LogP contribution in [0.15, 0.2) is 63.2 Å². The zero-order valence-electron chi connectivity index (χ0n) is 16.6. The minimum atomic E-state index is -0.183. The van der Waals surface area contributed by atoms with Gasteiger partial charge >= 0.3 is 0 Å². The second-order valence-electron chi connectivity index (χ2n) is 7.60. The van der Waals surface area contributed by atoms with Crippen LogP contribution >= 0.6 is 11.3 Å². The molecule has 1 N–H and O–H groups in total. The smallest absolute Gasteiger partial charge is 0.291 e. The Hall–Kier alpha value is -2.93. The van der Waals surface area contributed by atoms with E-state index in [0.29, 0.717) is 17.0 Å². The Morgan fingerprint density at radius 2 is 1.97 bits per heavy atom. The zero-order chi connectivity index (χ0) is 20.9. The zero-order valence-corrected chi connectivity index (χ0v) is 17.4. The fraction of sp³-hybridized carbons (Fsp3) is 0.348. The number of hydrogen-bond donors (Lipinski definition) is 1. The number of nitrogens with one attached hydrogen (secondary N) is 1. The molecule has 0 spiro atoms. The van der Waals surface area contributed by atoms with E-state index in [0.717, 1.165) is 42.4 Å². The maximum Gasteiger partial charge on any atom is 0.291 e. The molecular weight excluding hydrogens is 398 g/mol. The normalized spacial score (nSPS) is 18.3. The van der Waals surface area contributed by atoms with Gasteiger partial charge in [-0.1, -0.05) is 18.2 Å². The second-order valence-corrected chi connectivity index (χ2v) is 8.55. The summed E-state index contributed by atoms with van der Waals surface area (Å²) in [5.74, 6) is -0.376. The van der Waals surface area contributed by atoms with Crippen molar-refractivity contribution in [2.75, 3.05) is 5.32 Å². The van der Waals surface area contributed by atoms with Crippen molar-refractivity contribution in [1.29, 1.82) is 0 Å². The van der Waals surface area contributed by atoms with Crippen LogP contribution in [0.25, 0.3) is 0 Å². The molecule has 0 fully saturated rings. The van der Waals surface area contributed by atoms with Gasteiger partial charge in [0.1, 0.15) is 0 Å². The van der Waals surface area contributed by atoms with Gasteiger partial charge in [-0.25, -0.2) is 0 Å². The first kappa shape index (κ1) is 20.3. The number of carbonyl (C=O) groups excluding carboxylic acids is 3. The highest BCUT2D eigenvalue weighted by Crippen LogP contribution is 2.33. The monoisotopic (exact) mass is 421 g/mol. The molecule has 30 heavy (non-hydrogen) atoms. The first-order valence-corrected chi connectivity index (χ1v) is 11.1. The van der Waals surface area contributed by atoms with Crippen LogP contribution in [0.3, 0.4) is 0 Å². The lowest BCUT2D eigenvalue weighted by molar-refractivity contribution is -0.116. The van der Waals surface area contributed by atoms with Gasteiger partial charge in [0.05, 0.1) is 10.9 Å². The number of benzene rings is 1. The standard InChI is InChI=1S/C23H23N3O3S/c27-20(21-9-4-12-30-21)10-11-22(28)24-16-6-3-5-15(13-16)14-19-17-7-1-2-8-18(17)23(29)26-25-19/h3-6,9,12-13,19H,1-2,7-8,10-11,14H2,(H,24,28). The summed E-state index contributed by atoms with van der Waals surface area (Å²) in [4.78, 5) is 37.0. The van der Waals surface area contributed by atoms with Crippen LogP contribution in [-0.4, -0.2) is 23.6 Å². The van der Waals surface area contributed by atoms with Crippen molar-refractivity contribution in [1.82, 2.24) is 0 Å². The van der Waals surface area contributed by atoms with E-state index >= 15 is 0 Å². The molecule has 1 aromatic carbocycles. The average Bonchev–Trinajstić information content (AvgIpc) is 3.30. The van der Waals surface area contributed by atoms with Crippen molar-refractivity contribution in [3.8, 4) is 0 Å². The molecule has 0 bridgehead atoms. The summed E-state index contributed by atoms with van der Waals surface area (Å²) in [7, 11) is 0. The molecule has 154 valence electrons. The molecule has 1 aromatic heterocycles. The summed E-state index contributed by atoms with van der Waals surface area (Å²) in [5, 5.41) is 12.8. The van der Waals surface area contributed by atoms with E-state index in [9.17, 15) is 14.4 Å². The summed E-state index contributed by atoms with van der Waals surface area (Å²) in [6.07, 6.45) is 4.80. The predicted molar refractivity (Wildman–Crippen MR) is 116 cm³/mol. The highest BCUT2D eigenvalue weighted by atomic mass is 32.1. The molecular formula is C23H23N3O3S. The van der Waals surface area contributed by atoms with Crippen molar-refractivity contribution in [2.24, 2.45) is 10.2 Å². The number of azo groups is 1. The number of rotatable bonds is 7. The molecule has 4 rings (SSSR count). The van der Waals surface area contributed by atoms with E-state index in [-0.39, 0.29) is 36.5 Å². The number of anilines is 1. The Kier molecular flexibility index (Phi) is 6.28. The lowest BCUT2D eigenvalue weighted by Gasteiger charge is -2.25. The lowest BCUT2D eigenvalue weighted by Crippen LogP contribution is -2.23. The van der Waals surface area contributed by atoms with Gasteiger partial charge in [-0.2, -0.15) is 5.11 Å². The fourth-order valence-electron chi connectivity index (χ4n) is 3.97. The lowest BCUT2D eigenvalue weighted by atomic mass is 9.84. The van der Waals surface area contributed by atoms with Crippen molar-refractivity contribution in [2.45, 2.75) is 51.0 Å². The largest absolute Gasteiger partial charge is 0.326 e. The topological polar surface area (TPSA) is 88.0 Å². The molecule has 1 atom stereocenters. The van der Waals surface area contributed by atoms with Crippen LogP contribution in [0.5, 0.6) is 0 Å². The number of nitrogens with zero attached hydrogens (tertiary/aromatic N) is 2. The van der Waals surface area contributed by atoms with Gasteiger partial charge in [-0.15, -0.1) is 16.5 Å². The maximum absolute atomic E-state index is 12.3. The predicted octanol–water partition coefficient (Wildman–Crippen LogP) is 5.12. The summed E-state index contributed by atoms with van der Waals surface area (Å²) >= 11 is 1.39.